The molecular weight excluding hydrogens is 404 g/mol. The van der Waals surface area contributed by atoms with Gasteiger partial charge in [0.05, 0.1) is 24.5 Å². The smallest absolute Gasteiger partial charge is 0.408 e. The molecule has 0 spiro atoms. The van der Waals surface area contributed by atoms with Crippen molar-refractivity contribution in [3.05, 3.63) is 64.7 Å². The highest BCUT2D eigenvalue weighted by molar-refractivity contribution is 6.30. The highest BCUT2D eigenvalue weighted by Crippen LogP contribution is 2.40. The van der Waals surface area contributed by atoms with E-state index >= 15 is 0 Å². The van der Waals surface area contributed by atoms with Crippen molar-refractivity contribution >= 4 is 17.7 Å². The van der Waals surface area contributed by atoms with Crippen molar-refractivity contribution in [3.63, 3.8) is 0 Å². The molecule has 1 amide bonds. The van der Waals surface area contributed by atoms with E-state index in [1.54, 1.807) is 12.4 Å². The molecule has 5 rings (SSSR count). The van der Waals surface area contributed by atoms with Gasteiger partial charge in [-0.2, -0.15) is 0 Å². The van der Waals surface area contributed by atoms with E-state index in [0.29, 0.717) is 16.8 Å². The molecule has 154 valence electrons. The number of carboxylic acid groups (broad SMARTS) is 1. The summed E-state index contributed by atoms with van der Waals surface area (Å²) in [5, 5.41) is 19.1. The Morgan fingerprint density at radius 2 is 1.87 bits per heavy atom. The maximum Gasteiger partial charge on any atom is 0.408 e. The summed E-state index contributed by atoms with van der Waals surface area (Å²) in [6.45, 7) is 0.469. The molecule has 0 atom stereocenters. The molecule has 2 aliphatic rings. The molecule has 1 aromatic carbocycles. The number of rotatable bonds is 2. The van der Waals surface area contributed by atoms with Crippen LogP contribution in [-0.2, 0) is 13.1 Å². The van der Waals surface area contributed by atoms with Crippen molar-refractivity contribution in [1.82, 2.24) is 29.6 Å². The SMILES string of the molecule is O=C(O)N1Cc2cc(Cl)ccc2-n2c(nnc2[C@H]2CC[C@H](c3cnccn3)CC2)C1. The summed E-state index contributed by atoms with van der Waals surface area (Å²) in [6.07, 6.45) is 8.30. The standard InChI is InChI=1S/C21H21ClN6O2/c22-16-5-6-18-15(9-16)11-27(21(29)30)12-19-25-26-20(28(18)19)14-3-1-13(2-4-14)17-10-23-7-8-24-17/h5-10,13-14H,1-4,11-12H2,(H,29,30)/t13-,14-. The highest BCUT2D eigenvalue weighted by atomic mass is 35.5. The van der Waals surface area contributed by atoms with E-state index in [9.17, 15) is 9.90 Å². The molecule has 0 saturated heterocycles. The summed E-state index contributed by atoms with van der Waals surface area (Å²) in [7, 11) is 0. The Balaban J connectivity index is 1.47. The number of fused-ring (bicyclic) bond motifs is 3. The van der Waals surface area contributed by atoms with Crippen molar-refractivity contribution in [2.45, 2.75) is 50.6 Å². The Morgan fingerprint density at radius 3 is 2.60 bits per heavy atom. The minimum absolute atomic E-state index is 0.198. The first-order chi connectivity index (χ1) is 14.6. The van der Waals surface area contributed by atoms with Crippen LogP contribution in [0, 0.1) is 0 Å². The van der Waals surface area contributed by atoms with Gasteiger partial charge in [-0.1, -0.05) is 11.6 Å². The van der Waals surface area contributed by atoms with Crippen LogP contribution in [0.4, 0.5) is 4.79 Å². The van der Waals surface area contributed by atoms with Gasteiger partial charge in [0.15, 0.2) is 5.82 Å². The minimum Gasteiger partial charge on any atom is -0.465 e. The molecule has 0 bridgehead atoms. The monoisotopic (exact) mass is 424 g/mol. The molecule has 1 fully saturated rings. The number of aromatic nitrogens is 5. The third kappa shape index (κ3) is 3.41. The number of hydrogen-bond donors (Lipinski definition) is 1. The summed E-state index contributed by atoms with van der Waals surface area (Å²) >= 11 is 6.20. The minimum atomic E-state index is -0.983. The van der Waals surface area contributed by atoms with Gasteiger partial charge in [0.1, 0.15) is 5.82 Å². The largest absolute Gasteiger partial charge is 0.465 e. The normalized spacial score (nSPS) is 20.9. The Morgan fingerprint density at radius 1 is 1.07 bits per heavy atom. The third-order valence-electron chi connectivity index (χ3n) is 6.10. The number of amides is 1. The molecular formula is C21H21ClN6O2. The van der Waals surface area contributed by atoms with Crippen LogP contribution in [0.15, 0.2) is 36.8 Å². The van der Waals surface area contributed by atoms with Crippen LogP contribution < -0.4 is 0 Å². The first kappa shape index (κ1) is 19.0. The average Bonchev–Trinajstić information content (AvgIpc) is 3.10. The lowest BCUT2D eigenvalue weighted by molar-refractivity contribution is 0.139. The molecule has 1 saturated carbocycles. The second-order valence-corrected chi connectivity index (χ2v) is 8.34. The fourth-order valence-electron chi connectivity index (χ4n) is 4.59. The third-order valence-corrected chi connectivity index (χ3v) is 6.33. The van der Waals surface area contributed by atoms with Crippen molar-refractivity contribution < 1.29 is 9.90 Å². The van der Waals surface area contributed by atoms with E-state index in [1.165, 1.54) is 4.90 Å². The van der Waals surface area contributed by atoms with Crippen molar-refractivity contribution in [1.29, 1.82) is 0 Å². The van der Waals surface area contributed by atoms with Gasteiger partial charge in [-0.05, 0) is 49.4 Å². The van der Waals surface area contributed by atoms with Crippen molar-refractivity contribution in [2.24, 2.45) is 0 Å². The lowest BCUT2D eigenvalue weighted by Gasteiger charge is -2.28. The van der Waals surface area contributed by atoms with Gasteiger partial charge in [-0.3, -0.25) is 19.4 Å². The van der Waals surface area contributed by atoms with Gasteiger partial charge in [-0.15, -0.1) is 10.2 Å². The van der Waals surface area contributed by atoms with Gasteiger partial charge >= 0.3 is 6.09 Å². The first-order valence-electron chi connectivity index (χ1n) is 10.1. The predicted octanol–water partition coefficient (Wildman–Crippen LogP) is 4.15. The second kappa shape index (κ2) is 7.68. The van der Waals surface area contributed by atoms with Gasteiger partial charge in [-0.25, -0.2) is 4.79 Å². The Kier molecular flexibility index (Phi) is 4.86. The zero-order chi connectivity index (χ0) is 20.7. The van der Waals surface area contributed by atoms with Crippen LogP contribution in [0.1, 0.15) is 60.4 Å². The number of hydrogen-bond acceptors (Lipinski definition) is 5. The second-order valence-electron chi connectivity index (χ2n) is 7.90. The number of carbonyl (C=O) groups is 1. The Labute approximate surface area is 178 Å². The molecule has 2 aromatic heterocycles. The fraction of sp³-hybridized carbons (Fsp3) is 0.381. The molecule has 1 N–H and O–H groups in total. The van der Waals surface area contributed by atoms with E-state index in [-0.39, 0.29) is 19.0 Å². The number of halogens is 1. The number of nitrogens with zero attached hydrogens (tertiary/aromatic N) is 6. The maximum absolute atomic E-state index is 11.7. The summed E-state index contributed by atoms with van der Waals surface area (Å²) in [4.78, 5) is 21.7. The molecule has 0 unspecified atom stereocenters. The highest BCUT2D eigenvalue weighted by Gasteiger charge is 2.32. The molecule has 1 aliphatic carbocycles. The lowest BCUT2D eigenvalue weighted by Crippen LogP contribution is -2.27. The molecule has 0 radical (unpaired) electrons. The van der Waals surface area contributed by atoms with E-state index in [4.69, 9.17) is 11.6 Å². The lowest BCUT2D eigenvalue weighted by atomic mass is 9.80. The van der Waals surface area contributed by atoms with Gasteiger partial charge in [0.2, 0.25) is 0 Å². The first-order valence-corrected chi connectivity index (χ1v) is 10.4. The summed E-state index contributed by atoms with van der Waals surface area (Å²) in [5.74, 6) is 2.22. The zero-order valence-electron chi connectivity index (χ0n) is 16.3. The van der Waals surface area contributed by atoms with Crippen molar-refractivity contribution in [3.8, 4) is 5.69 Å². The van der Waals surface area contributed by atoms with Crippen LogP contribution in [-0.4, -0.2) is 40.8 Å². The predicted molar refractivity (Wildman–Crippen MR) is 110 cm³/mol. The van der Waals surface area contributed by atoms with E-state index in [0.717, 1.165) is 48.5 Å². The van der Waals surface area contributed by atoms with Gasteiger partial charge in [0.25, 0.3) is 0 Å². The summed E-state index contributed by atoms with van der Waals surface area (Å²) in [6, 6.07) is 5.59. The Bertz CT molecular complexity index is 1080. The molecule has 8 nitrogen and oxygen atoms in total. The van der Waals surface area contributed by atoms with Crippen LogP contribution in [0.2, 0.25) is 5.02 Å². The van der Waals surface area contributed by atoms with E-state index in [2.05, 4.69) is 20.2 Å². The molecule has 30 heavy (non-hydrogen) atoms. The zero-order valence-corrected chi connectivity index (χ0v) is 17.0. The maximum atomic E-state index is 11.7. The van der Waals surface area contributed by atoms with Gasteiger partial charge < -0.3 is 5.11 Å². The Hall–Kier alpha value is -3.00. The topological polar surface area (TPSA) is 97.0 Å². The quantitative estimate of drug-likeness (QED) is 0.663. The van der Waals surface area contributed by atoms with E-state index in [1.807, 2.05) is 29.0 Å². The van der Waals surface area contributed by atoms with Crippen LogP contribution in [0.25, 0.3) is 5.69 Å². The van der Waals surface area contributed by atoms with E-state index < -0.39 is 6.09 Å². The molecule has 9 heteroatoms. The summed E-state index contributed by atoms with van der Waals surface area (Å²) < 4.78 is 2.04. The number of benzene rings is 1. The summed E-state index contributed by atoms with van der Waals surface area (Å²) in [5.41, 5.74) is 2.82. The van der Waals surface area contributed by atoms with Crippen LogP contribution in [0.5, 0.6) is 0 Å². The molecule has 3 heterocycles. The average molecular weight is 425 g/mol. The van der Waals surface area contributed by atoms with Crippen LogP contribution >= 0.6 is 11.6 Å². The van der Waals surface area contributed by atoms with Gasteiger partial charge in [0, 0.05) is 35.4 Å². The van der Waals surface area contributed by atoms with Crippen LogP contribution in [0.3, 0.4) is 0 Å². The molecule has 3 aromatic rings. The fourth-order valence-corrected chi connectivity index (χ4v) is 4.79. The molecule has 1 aliphatic heterocycles. The van der Waals surface area contributed by atoms with Crippen molar-refractivity contribution in [2.75, 3.05) is 0 Å².